The van der Waals surface area contributed by atoms with E-state index in [0.717, 1.165) is 5.69 Å². The molecule has 118 valence electrons. The molecule has 5 nitrogen and oxygen atoms in total. The topological polar surface area (TPSA) is 67.2 Å². The third-order valence-corrected chi connectivity index (χ3v) is 3.20. The van der Waals surface area contributed by atoms with Gasteiger partial charge < -0.3 is 9.84 Å². The van der Waals surface area contributed by atoms with Crippen molar-refractivity contribution >= 4 is 29.1 Å². The number of halogens is 2. The van der Waals surface area contributed by atoms with E-state index in [1.165, 1.54) is 18.2 Å². The summed E-state index contributed by atoms with van der Waals surface area (Å²) in [6.07, 6.45) is 0. The largest absolute Gasteiger partial charge is 0.376 e. The van der Waals surface area contributed by atoms with Gasteiger partial charge in [-0.05, 0) is 18.2 Å². The zero-order chi connectivity index (χ0) is 16.3. The number of carbonyl (C=O) groups is 1. The van der Waals surface area contributed by atoms with Gasteiger partial charge in [0, 0.05) is 17.2 Å². The van der Waals surface area contributed by atoms with Gasteiger partial charge in [-0.1, -0.05) is 37.5 Å². The van der Waals surface area contributed by atoms with E-state index in [-0.39, 0.29) is 28.8 Å². The van der Waals surface area contributed by atoms with Gasteiger partial charge >= 0.3 is 0 Å². The average Bonchev–Trinajstić information content (AvgIpc) is 2.88. The van der Waals surface area contributed by atoms with Crippen LogP contribution in [0.2, 0.25) is 5.02 Å². The van der Waals surface area contributed by atoms with Crippen LogP contribution in [-0.2, 0) is 10.2 Å². The van der Waals surface area contributed by atoms with Crippen LogP contribution in [0.4, 0.5) is 16.0 Å². The Bertz CT molecular complexity index is 680. The molecule has 1 amide bonds. The van der Waals surface area contributed by atoms with E-state index in [4.69, 9.17) is 16.1 Å². The molecule has 0 saturated carbocycles. The van der Waals surface area contributed by atoms with E-state index in [1.807, 2.05) is 20.8 Å². The summed E-state index contributed by atoms with van der Waals surface area (Å²) < 4.78 is 18.1. The van der Waals surface area contributed by atoms with Crippen molar-refractivity contribution in [1.29, 1.82) is 0 Å². The quantitative estimate of drug-likeness (QED) is 0.897. The van der Waals surface area contributed by atoms with Gasteiger partial charge in [-0.25, -0.2) is 4.39 Å². The highest BCUT2D eigenvalue weighted by molar-refractivity contribution is 6.31. The van der Waals surface area contributed by atoms with Crippen LogP contribution in [0, 0.1) is 5.82 Å². The van der Waals surface area contributed by atoms with Gasteiger partial charge in [0.15, 0.2) is 0 Å². The molecule has 2 N–H and O–H groups in total. The molecule has 0 radical (unpaired) electrons. The van der Waals surface area contributed by atoms with E-state index in [1.54, 1.807) is 6.07 Å². The van der Waals surface area contributed by atoms with E-state index in [2.05, 4.69) is 15.8 Å². The molecule has 0 aliphatic heterocycles. The minimum Gasteiger partial charge on any atom is -0.376 e. The Morgan fingerprint density at radius 3 is 2.68 bits per heavy atom. The normalized spacial score (nSPS) is 11.3. The maximum atomic E-state index is 13.0. The van der Waals surface area contributed by atoms with Crippen molar-refractivity contribution < 1.29 is 13.7 Å². The van der Waals surface area contributed by atoms with Gasteiger partial charge in [0.05, 0.1) is 17.3 Å². The second-order valence-corrected chi connectivity index (χ2v) is 6.26. The van der Waals surface area contributed by atoms with Crippen molar-refractivity contribution in [2.75, 3.05) is 17.2 Å². The molecule has 2 aromatic rings. The molecule has 0 atom stereocenters. The molecule has 0 spiro atoms. The lowest BCUT2D eigenvalue weighted by atomic mass is 9.92. The Hall–Kier alpha value is -2.08. The van der Waals surface area contributed by atoms with E-state index < -0.39 is 5.82 Å². The molecular weight excluding hydrogens is 309 g/mol. The van der Waals surface area contributed by atoms with Crippen LogP contribution in [0.25, 0.3) is 0 Å². The first kappa shape index (κ1) is 16.3. The number of rotatable bonds is 4. The number of benzene rings is 1. The molecule has 0 fully saturated rings. The van der Waals surface area contributed by atoms with Crippen molar-refractivity contribution in [2.45, 2.75) is 26.2 Å². The van der Waals surface area contributed by atoms with Crippen molar-refractivity contribution in [3.63, 3.8) is 0 Å². The molecule has 0 saturated heterocycles. The molecule has 0 unspecified atom stereocenters. The first-order valence-electron chi connectivity index (χ1n) is 6.71. The number of hydrogen-bond donors (Lipinski definition) is 2. The minimum atomic E-state index is -0.506. The number of anilines is 2. The second kappa shape index (κ2) is 6.36. The summed E-state index contributed by atoms with van der Waals surface area (Å²) in [4.78, 5) is 11.8. The molecule has 0 bridgehead atoms. The molecule has 1 aromatic heterocycles. The summed E-state index contributed by atoms with van der Waals surface area (Å²) in [5.41, 5.74) is 1.14. The van der Waals surface area contributed by atoms with Crippen molar-refractivity contribution in [2.24, 2.45) is 0 Å². The molecular formula is C15H17ClFN3O2. The molecule has 0 aliphatic rings. The maximum Gasteiger partial charge on any atom is 0.246 e. The van der Waals surface area contributed by atoms with E-state index >= 15 is 0 Å². The van der Waals surface area contributed by atoms with Crippen LogP contribution in [0.3, 0.4) is 0 Å². The molecule has 22 heavy (non-hydrogen) atoms. The average molecular weight is 326 g/mol. The van der Waals surface area contributed by atoms with Crippen LogP contribution in [0.15, 0.2) is 28.8 Å². The highest BCUT2D eigenvalue weighted by Crippen LogP contribution is 2.23. The summed E-state index contributed by atoms with van der Waals surface area (Å²) in [5.74, 6) is -0.529. The zero-order valence-corrected chi connectivity index (χ0v) is 13.3. The highest BCUT2D eigenvalue weighted by atomic mass is 35.5. The Morgan fingerprint density at radius 1 is 1.36 bits per heavy atom. The van der Waals surface area contributed by atoms with Crippen molar-refractivity contribution in [3.05, 3.63) is 40.8 Å². The van der Waals surface area contributed by atoms with Gasteiger partial charge in [0.2, 0.25) is 11.8 Å². The zero-order valence-electron chi connectivity index (χ0n) is 12.5. The smallest absolute Gasteiger partial charge is 0.246 e. The molecule has 7 heteroatoms. The highest BCUT2D eigenvalue weighted by Gasteiger charge is 2.19. The number of nitrogens with zero attached hydrogens (tertiary/aromatic N) is 1. The molecule has 2 rings (SSSR count). The summed E-state index contributed by atoms with van der Waals surface area (Å²) in [7, 11) is 0. The lowest BCUT2D eigenvalue weighted by Gasteiger charge is -2.12. The molecule has 1 heterocycles. The van der Waals surface area contributed by atoms with Crippen LogP contribution in [-0.4, -0.2) is 17.6 Å². The van der Waals surface area contributed by atoms with Gasteiger partial charge in [0.25, 0.3) is 0 Å². The van der Waals surface area contributed by atoms with Crippen molar-refractivity contribution in [3.8, 4) is 0 Å². The molecule has 1 aromatic carbocycles. The Labute approximate surface area is 132 Å². The summed E-state index contributed by atoms with van der Waals surface area (Å²) in [5, 5.41) is 9.34. The predicted octanol–water partition coefficient (Wildman–Crippen LogP) is 3.82. The fourth-order valence-electron chi connectivity index (χ4n) is 1.66. The van der Waals surface area contributed by atoms with Gasteiger partial charge in [-0.3, -0.25) is 10.1 Å². The first-order valence-corrected chi connectivity index (χ1v) is 7.09. The van der Waals surface area contributed by atoms with Crippen LogP contribution in [0.1, 0.15) is 26.5 Å². The predicted molar refractivity (Wildman–Crippen MR) is 83.7 cm³/mol. The monoisotopic (exact) mass is 325 g/mol. The summed E-state index contributed by atoms with van der Waals surface area (Å²) >= 11 is 5.67. The fourth-order valence-corrected chi connectivity index (χ4v) is 1.84. The lowest BCUT2D eigenvalue weighted by Crippen LogP contribution is -2.21. The number of nitrogens with one attached hydrogen (secondary N) is 2. The van der Waals surface area contributed by atoms with Crippen molar-refractivity contribution in [1.82, 2.24) is 5.16 Å². The van der Waals surface area contributed by atoms with Crippen LogP contribution < -0.4 is 10.6 Å². The minimum absolute atomic E-state index is 0.00420. The van der Waals surface area contributed by atoms with Crippen LogP contribution >= 0.6 is 11.6 Å². The standard InChI is InChI=1S/C15H17ClFN3O2/c1-15(2,3)12-7-14(22-20-12)19-13(21)8-18-9-4-5-11(17)10(16)6-9/h4-7,18H,8H2,1-3H3,(H,19,21). The first-order chi connectivity index (χ1) is 10.3. The van der Waals surface area contributed by atoms with Gasteiger partial charge in [-0.15, -0.1) is 0 Å². The Morgan fingerprint density at radius 2 is 2.09 bits per heavy atom. The fraction of sp³-hybridized carbons (Fsp3) is 0.333. The van der Waals surface area contributed by atoms with E-state index in [9.17, 15) is 9.18 Å². The third-order valence-electron chi connectivity index (χ3n) is 2.91. The maximum absolute atomic E-state index is 13.0. The van der Waals surface area contributed by atoms with Gasteiger partial charge in [-0.2, -0.15) is 0 Å². The summed E-state index contributed by atoms with van der Waals surface area (Å²) in [6.45, 7) is 5.98. The number of amides is 1. The Balaban J connectivity index is 1.90. The number of aromatic nitrogens is 1. The number of carbonyl (C=O) groups excluding carboxylic acids is 1. The SMILES string of the molecule is CC(C)(C)c1cc(NC(=O)CNc2ccc(F)c(Cl)c2)on1. The number of hydrogen-bond acceptors (Lipinski definition) is 4. The Kier molecular flexibility index (Phi) is 4.71. The summed E-state index contributed by atoms with van der Waals surface area (Å²) in [6, 6.07) is 5.83. The lowest BCUT2D eigenvalue weighted by molar-refractivity contribution is -0.114. The third kappa shape index (κ3) is 4.21. The van der Waals surface area contributed by atoms with Crippen LogP contribution in [0.5, 0.6) is 0 Å². The van der Waals surface area contributed by atoms with E-state index in [0.29, 0.717) is 5.69 Å². The second-order valence-electron chi connectivity index (χ2n) is 5.86. The molecule has 0 aliphatic carbocycles. The van der Waals surface area contributed by atoms with Gasteiger partial charge in [0.1, 0.15) is 5.82 Å².